The molecule has 3 aromatic rings. The maximum atomic E-state index is 12.8. The quantitative estimate of drug-likeness (QED) is 0.175. The number of aliphatic hydroxyl groups is 4. The summed E-state index contributed by atoms with van der Waals surface area (Å²) in [6.45, 7) is 3.11. The van der Waals surface area contributed by atoms with E-state index in [0.29, 0.717) is 5.56 Å². The average Bonchev–Trinajstić information content (AvgIpc) is 3.00. The van der Waals surface area contributed by atoms with E-state index in [1.165, 1.54) is 43.3 Å². The lowest BCUT2D eigenvalue weighted by atomic mass is 9.98. The zero-order chi connectivity index (χ0) is 34.2. The van der Waals surface area contributed by atoms with Crippen molar-refractivity contribution in [1.29, 1.82) is 0 Å². The van der Waals surface area contributed by atoms with Crippen molar-refractivity contribution >= 4 is 22.9 Å². The van der Waals surface area contributed by atoms with E-state index in [1.54, 1.807) is 0 Å². The van der Waals surface area contributed by atoms with Gasteiger partial charge in [-0.1, -0.05) is 0 Å². The zero-order valence-electron chi connectivity index (χ0n) is 25.3. The van der Waals surface area contributed by atoms with Gasteiger partial charge in [-0.05, 0) is 31.2 Å². The van der Waals surface area contributed by atoms with Gasteiger partial charge in [-0.3, -0.25) is 14.4 Å². The molecule has 0 saturated carbocycles. The maximum Gasteiger partial charge on any atom is 0.303 e. The van der Waals surface area contributed by atoms with Crippen LogP contribution in [0.2, 0.25) is 0 Å². The number of carbonyl (C=O) groups excluding carboxylic acids is 2. The highest BCUT2D eigenvalue weighted by molar-refractivity contribution is 5.86. The number of benzene rings is 2. The number of rotatable bonds is 8. The number of esters is 2. The Kier molecular flexibility index (Phi) is 10.0. The summed E-state index contributed by atoms with van der Waals surface area (Å²) in [5.74, 6) is -2.10. The minimum Gasteiger partial charge on any atom is -0.508 e. The van der Waals surface area contributed by atoms with Crippen LogP contribution < -0.4 is 10.2 Å². The molecule has 0 aliphatic carbocycles. The van der Waals surface area contributed by atoms with E-state index >= 15 is 0 Å². The lowest BCUT2D eigenvalue weighted by molar-refractivity contribution is -0.320. The Morgan fingerprint density at radius 1 is 0.809 bits per heavy atom. The van der Waals surface area contributed by atoms with Crippen LogP contribution in [0.15, 0.2) is 51.7 Å². The summed E-state index contributed by atoms with van der Waals surface area (Å²) in [4.78, 5) is 36.3. The van der Waals surface area contributed by atoms with E-state index in [1.807, 2.05) is 0 Å². The normalized spacial score (nSPS) is 30.9. The van der Waals surface area contributed by atoms with Crippen LogP contribution in [0.4, 0.5) is 0 Å². The van der Waals surface area contributed by atoms with Crippen molar-refractivity contribution in [2.75, 3.05) is 6.61 Å². The molecule has 1 aromatic heterocycles. The molecule has 0 unspecified atom stereocenters. The van der Waals surface area contributed by atoms with Gasteiger partial charge >= 0.3 is 11.9 Å². The van der Waals surface area contributed by atoms with E-state index < -0.39 is 91.1 Å². The molecule has 6 N–H and O–H groups in total. The molecule has 2 aromatic carbocycles. The molecule has 2 aliphatic rings. The molecule has 2 saturated heterocycles. The third kappa shape index (κ3) is 7.33. The zero-order valence-corrected chi connectivity index (χ0v) is 25.3. The van der Waals surface area contributed by atoms with Crippen LogP contribution in [0, 0.1) is 0 Å². The van der Waals surface area contributed by atoms with Gasteiger partial charge in [0.25, 0.3) is 0 Å². The monoisotopic (exact) mass is 662 g/mol. The Bertz CT molecular complexity index is 1650. The highest BCUT2D eigenvalue weighted by Gasteiger charge is 2.50. The van der Waals surface area contributed by atoms with Crippen molar-refractivity contribution in [3.05, 3.63) is 52.7 Å². The number of fused-ring (bicyclic) bond motifs is 1. The summed E-state index contributed by atoms with van der Waals surface area (Å²) >= 11 is 0. The molecule has 16 heteroatoms. The molecule has 0 spiro atoms. The second-order valence-corrected chi connectivity index (χ2v) is 11.2. The van der Waals surface area contributed by atoms with E-state index in [2.05, 4.69) is 0 Å². The Morgan fingerprint density at radius 2 is 1.47 bits per heavy atom. The van der Waals surface area contributed by atoms with Crippen LogP contribution in [0.25, 0.3) is 22.3 Å². The first-order valence-electron chi connectivity index (χ1n) is 14.5. The highest BCUT2D eigenvalue weighted by Crippen LogP contribution is 2.34. The number of carbonyl (C=O) groups is 2. The molecule has 3 heterocycles. The molecule has 47 heavy (non-hydrogen) atoms. The summed E-state index contributed by atoms with van der Waals surface area (Å²) < 4.78 is 39.0. The van der Waals surface area contributed by atoms with Crippen molar-refractivity contribution in [2.24, 2.45) is 0 Å². The molecular weight excluding hydrogens is 628 g/mol. The van der Waals surface area contributed by atoms with Crippen LogP contribution >= 0.6 is 0 Å². The SMILES string of the molecule is CC(=O)O[C@@H]1[C@@H](O)[C@H](C)O[C@@H](OC[C@H]2O[C@@H](Oc3cc(O)c4c(=O)cc(-c5ccc(O)cc5)oc4c3)[C@H](O)[C@@H](O)[C@@H]2O)[C@@H]1OC(C)=O. The van der Waals surface area contributed by atoms with E-state index in [4.69, 9.17) is 32.8 Å². The lowest BCUT2D eigenvalue weighted by Crippen LogP contribution is -2.62. The van der Waals surface area contributed by atoms with E-state index in [9.17, 15) is 45.0 Å². The minimum atomic E-state index is -1.82. The van der Waals surface area contributed by atoms with Crippen LogP contribution in [0.1, 0.15) is 20.8 Å². The Labute approximate surface area is 266 Å². The van der Waals surface area contributed by atoms with Crippen molar-refractivity contribution in [1.82, 2.24) is 0 Å². The summed E-state index contributed by atoms with van der Waals surface area (Å²) in [7, 11) is 0. The fourth-order valence-corrected chi connectivity index (χ4v) is 5.32. The molecule has 10 atom stereocenters. The van der Waals surface area contributed by atoms with Gasteiger partial charge in [-0.2, -0.15) is 0 Å². The van der Waals surface area contributed by atoms with Crippen LogP contribution in [0.3, 0.4) is 0 Å². The summed E-state index contributed by atoms with van der Waals surface area (Å²) in [5.41, 5.74) is -0.205. The molecular formula is C31H34O16. The minimum absolute atomic E-state index is 0.00213. The lowest BCUT2D eigenvalue weighted by Gasteiger charge is -2.43. The second kappa shape index (κ2) is 13.8. The molecule has 5 rings (SSSR count). The number of hydrogen-bond acceptors (Lipinski definition) is 16. The van der Waals surface area contributed by atoms with Gasteiger partial charge in [0.15, 0.2) is 23.9 Å². The number of ether oxygens (including phenoxy) is 6. The topological polar surface area (TPSA) is 241 Å². The summed E-state index contributed by atoms with van der Waals surface area (Å²) in [6.07, 6.45) is -14.9. The summed E-state index contributed by atoms with van der Waals surface area (Å²) in [5, 5.41) is 62.5. The number of phenolic OH excluding ortho intramolecular Hbond substituents is 2. The third-order valence-electron chi connectivity index (χ3n) is 7.64. The first-order valence-corrected chi connectivity index (χ1v) is 14.5. The van der Waals surface area contributed by atoms with Gasteiger partial charge in [0, 0.05) is 37.6 Å². The molecule has 2 fully saturated rings. The predicted molar refractivity (Wildman–Crippen MR) is 156 cm³/mol. The molecule has 2 aliphatic heterocycles. The Balaban J connectivity index is 1.35. The van der Waals surface area contributed by atoms with Crippen LogP contribution in [0.5, 0.6) is 17.2 Å². The number of phenols is 2. The summed E-state index contributed by atoms with van der Waals surface area (Å²) in [6, 6.07) is 9.33. The Morgan fingerprint density at radius 3 is 2.13 bits per heavy atom. The highest BCUT2D eigenvalue weighted by atomic mass is 16.7. The van der Waals surface area contributed by atoms with Gasteiger partial charge < -0.3 is 63.5 Å². The molecule has 16 nitrogen and oxygen atoms in total. The maximum absolute atomic E-state index is 12.8. The largest absolute Gasteiger partial charge is 0.508 e. The van der Waals surface area contributed by atoms with E-state index in [-0.39, 0.29) is 28.2 Å². The predicted octanol–water partition coefficient (Wildman–Crippen LogP) is 0.0433. The number of aliphatic hydroxyl groups excluding tert-OH is 4. The van der Waals surface area contributed by atoms with Gasteiger partial charge in [0.2, 0.25) is 6.29 Å². The third-order valence-corrected chi connectivity index (χ3v) is 7.64. The average molecular weight is 663 g/mol. The second-order valence-electron chi connectivity index (χ2n) is 11.2. The standard InChI is InChI=1S/C31H34O16/c1-12-24(37)28(43-13(2)32)29(44-14(3)33)31(42-12)41-11-22-25(38)26(39)27(40)30(47-22)45-17-8-18(35)23-19(36)10-20(46-21(23)9-17)15-4-6-16(34)7-5-15/h4-10,12,22,24-31,34-35,37-40H,11H2,1-3H3/t12-,22+,24-,25+,26-,27+,28+,29+,30+,31+/m0/s1. The van der Waals surface area contributed by atoms with Gasteiger partial charge in [-0.25, -0.2) is 0 Å². The van der Waals surface area contributed by atoms with Gasteiger partial charge in [0.05, 0.1) is 12.7 Å². The molecule has 0 amide bonds. The molecule has 0 radical (unpaired) electrons. The number of hydrogen-bond donors (Lipinski definition) is 6. The van der Waals surface area contributed by atoms with Crippen molar-refractivity contribution in [2.45, 2.75) is 82.2 Å². The fraction of sp³-hybridized carbons (Fsp3) is 0.452. The molecule has 254 valence electrons. The van der Waals surface area contributed by atoms with Gasteiger partial charge in [0.1, 0.15) is 64.5 Å². The van der Waals surface area contributed by atoms with Crippen molar-refractivity contribution in [3.63, 3.8) is 0 Å². The first kappa shape index (κ1) is 34.1. The van der Waals surface area contributed by atoms with Crippen LogP contribution in [-0.4, -0.2) is 111 Å². The Hall–Kier alpha value is -4.29. The smallest absolute Gasteiger partial charge is 0.303 e. The van der Waals surface area contributed by atoms with E-state index in [0.717, 1.165) is 19.9 Å². The first-order chi connectivity index (χ1) is 22.2. The van der Waals surface area contributed by atoms with Crippen molar-refractivity contribution < 1.29 is 73.1 Å². The van der Waals surface area contributed by atoms with Crippen LogP contribution in [-0.2, 0) is 33.3 Å². The number of aromatic hydroxyl groups is 2. The molecule has 0 bridgehead atoms. The fourth-order valence-electron chi connectivity index (χ4n) is 5.32. The van der Waals surface area contributed by atoms with Gasteiger partial charge in [-0.15, -0.1) is 0 Å². The van der Waals surface area contributed by atoms with Crippen molar-refractivity contribution in [3.8, 4) is 28.6 Å².